The van der Waals surface area contributed by atoms with Crippen LogP contribution in [-0.2, 0) is 22.6 Å². The van der Waals surface area contributed by atoms with Crippen molar-refractivity contribution in [3.05, 3.63) is 98.5 Å². The summed E-state index contributed by atoms with van der Waals surface area (Å²) >= 11 is 2.12. The predicted molar refractivity (Wildman–Crippen MR) is 143 cm³/mol. The number of carbonyl (C=O) groups is 3. The molecule has 4 amide bonds. The first-order valence-electron chi connectivity index (χ1n) is 11.2. The van der Waals surface area contributed by atoms with Crippen LogP contribution in [0.2, 0.25) is 0 Å². The second-order valence-electron chi connectivity index (χ2n) is 8.04. The number of benzene rings is 3. The highest BCUT2D eigenvalue weighted by Crippen LogP contribution is 2.25. The van der Waals surface area contributed by atoms with Crippen molar-refractivity contribution in [1.82, 2.24) is 10.2 Å². The second-order valence-corrected chi connectivity index (χ2v) is 9.21. The van der Waals surface area contributed by atoms with Crippen LogP contribution in [0.3, 0.4) is 0 Å². The molecule has 1 aliphatic heterocycles. The van der Waals surface area contributed by atoms with Crippen LogP contribution in [-0.4, -0.2) is 29.3 Å². The molecule has 3 aromatic rings. The molecule has 2 N–H and O–H groups in total. The number of amides is 4. The molecule has 1 saturated heterocycles. The number of carbonyl (C=O) groups excluding carboxylic acids is 3. The Morgan fingerprint density at radius 3 is 2.58 bits per heavy atom. The smallest absolute Gasteiger partial charge is 0.329 e. The van der Waals surface area contributed by atoms with Crippen molar-refractivity contribution >= 4 is 52.2 Å². The number of hydrogen-bond acceptors (Lipinski definition) is 4. The zero-order chi connectivity index (χ0) is 25.7. The molecule has 36 heavy (non-hydrogen) atoms. The number of aryl methyl sites for hydroxylation is 1. The van der Waals surface area contributed by atoms with Gasteiger partial charge >= 0.3 is 6.03 Å². The summed E-state index contributed by atoms with van der Waals surface area (Å²) in [5.74, 6) is -0.710. The molecule has 0 unspecified atom stereocenters. The van der Waals surface area contributed by atoms with Crippen LogP contribution in [0.25, 0.3) is 6.08 Å². The normalized spacial score (nSPS) is 14.2. The maximum atomic E-state index is 13.1. The average molecular weight is 599 g/mol. The van der Waals surface area contributed by atoms with Crippen LogP contribution in [0.4, 0.5) is 14.9 Å². The van der Waals surface area contributed by atoms with E-state index in [9.17, 15) is 18.8 Å². The number of rotatable bonds is 8. The maximum absolute atomic E-state index is 13.1. The van der Waals surface area contributed by atoms with Crippen molar-refractivity contribution in [3.8, 4) is 5.75 Å². The third-order valence-corrected chi connectivity index (χ3v) is 6.35. The fourth-order valence-corrected chi connectivity index (χ4v) is 4.33. The van der Waals surface area contributed by atoms with Gasteiger partial charge in [-0.25, -0.2) is 14.1 Å². The number of hydrogen-bond donors (Lipinski definition) is 2. The van der Waals surface area contributed by atoms with Crippen molar-refractivity contribution in [1.29, 1.82) is 0 Å². The van der Waals surface area contributed by atoms with Crippen molar-refractivity contribution in [2.75, 3.05) is 11.9 Å². The molecule has 1 aliphatic rings. The van der Waals surface area contributed by atoms with E-state index in [2.05, 4.69) is 33.2 Å². The standard InChI is InChI=1S/C27H23FIN3O4/c1-2-19-5-3-4-6-22(19)30-25(33)15-32-26(34)23(31-27(32)35)14-18-9-12-24(21(29)13-18)36-16-17-7-10-20(28)11-8-17/h3-14H,2,15-16H2,1H3,(H,30,33)(H,31,35)/b23-14+. The molecule has 0 spiro atoms. The van der Waals surface area contributed by atoms with E-state index in [4.69, 9.17) is 4.74 Å². The Kier molecular flexibility index (Phi) is 7.99. The van der Waals surface area contributed by atoms with E-state index in [1.165, 1.54) is 12.1 Å². The quantitative estimate of drug-likeness (QED) is 0.214. The minimum Gasteiger partial charge on any atom is -0.488 e. The summed E-state index contributed by atoms with van der Waals surface area (Å²) in [6.45, 7) is 1.86. The number of anilines is 1. The molecular weight excluding hydrogens is 576 g/mol. The van der Waals surface area contributed by atoms with Gasteiger partial charge in [0.1, 0.15) is 30.4 Å². The van der Waals surface area contributed by atoms with Crippen LogP contribution in [0.15, 0.2) is 72.4 Å². The van der Waals surface area contributed by atoms with Gasteiger partial charge in [-0.1, -0.05) is 43.3 Å². The first-order valence-corrected chi connectivity index (χ1v) is 12.3. The molecule has 184 valence electrons. The van der Waals surface area contributed by atoms with E-state index in [0.29, 0.717) is 17.0 Å². The van der Waals surface area contributed by atoms with Crippen molar-refractivity contribution in [2.24, 2.45) is 0 Å². The number of urea groups is 1. The summed E-state index contributed by atoms with van der Waals surface area (Å²) in [5, 5.41) is 5.30. The predicted octanol–water partition coefficient (Wildman–Crippen LogP) is 5.10. The van der Waals surface area contributed by atoms with E-state index in [-0.39, 0.29) is 18.1 Å². The van der Waals surface area contributed by atoms with Gasteiger partial charge < -0.3 is 15.4 Å². The van der Waals surface area contributed by atoms with Crippen LogP contribution in [0.5, 0.6) is 5.75 Å². The Hall–Kier alpha value is -3.73. The number of nitrogens with one attached hydrogen (secondary N) is 2. The van der Waals surface area contributed by atoms with E-state index in [1.54, 1.807) is 36.4 Å². The Labute approximate surface area is 221 Å². The first-order chi connectivity index (χ1) is 17.3. The summed E-state index contributed by atoms with van der Waals surface area (Å²) in [6, 6.07) is 18.1. The molecule has 9 heteroatoms. The lowest BCUT2D eigenvalue weighted by molar-refractivity contribution is -0.127. The Balaban J connectivity index is 1.40. The van der Waals surface area contributed by atoms with Gasteiger partial charge in [-0.15, -0.1) is 0 Å². The molecule has 0 saturated carbocycles. The zero-order valence-electron chi connectivity index (χ0n) is 19.4. The number of para-hydroxylation sites is 1. The first kappa shape index (κ1) is 25.4. The third kappa shape index (κ3) is 6.09. The van der Waals surface area contributed by atoms with Gasteiger partial charge in [0.05, 0.1) is 3.57 Å². The largest absolute Gasteiger partial charge is 0.488 e. The van der Waals surface area contributed by atoms with Crippen molar-refractivity contribution in [2.45, 2.75) is 20.0 Å². The minimum atomic E-state index is -0.654. The van der Waals surface area contributed by atoms with Gasteiger partial charge in [0.25, 0.3) is 5.91 Å². The fourth-order valence-electron chi connectivity index (χ4n) is 3.63. The Morgan fingerprint density at radius 2 is 1.86 bits per heavy atom. The highest BCUT2D eigenvalue weighted by atomic mass is 127. The van der Waals surface area contributed by atoms with Crippen LogP contribution >= 0.6 is 22.6 Å². The van der Waals surface area contributed by atoms with E-state index >= 15 is 0 Å². The zero-order valence-corrected chi connectivity index (χ0v) is 21.5. The summed E-state index contributed by atoms with van der Waals surface area (Å²) in [4.78, 5) is 38.6. The van der Waals surface area contributed by atoms with E-state index < -0.39 is 24.4 Å². The molecule has 0 aromatic heterocycles. The molecule has 4 rings (SSSR count). The topological polar surface area (TPSA) is 87.7 Å². The third-order valence-electron chi connectivity index (χ3n) is 5.51. The SMILES string of the molecule is CCc1ccccc1NC(=O)CN1C(=O)N/C(=C/c2ccc(OCc3ccc(F)cc3)c(I)c2)C1=O. The molecule has 0 atom stereocenters. The lowest BCUT2D eigenvalue weighted by Crippen LogP contribution is -2.38. The summed E-state index contributed by atoms with van der Waals surface area (Å²) < 4.78 is 19.7. The molecular formula is C27H23FIN3O4. The van der Waals surface area contributed by atoms with Crippen molar-refractivity contribution < 1.29 is 23.5 Å². The van der Waals surface area contributed by atoms with Crippen LogP contribution in [0.1, 0.15) is 23.6 Å². The Bertz CT molecular complexity index is 1340. The summed E-state index contributed by atoms with van der Waals surface area (Å²) in [6.07, 6.45) is 2.29. The van der Waals surface area contributed by atoms with E-state index in [0.717, 1.165) is 26.0 Å². The van der Waals surface area contributed by atoms with Crippen molar-refractivity contribution in [3.63, 3.8) is 0 Å². The summed E-state index contributed by atoms with van der Waals surface area (Å²) in [5.41, 5.74) is 3.21. The number of nitrogens with zero attached hydrogens (tertiary/aromatic N) is 1. The molecule has 3 aromatic carbocycles. The molecule has 0 bridgehead atoms. The lowest BCUT2D eigenvalue weighted by Gasteiger charge is -2.13. The number of halogens is 2. The molecule has 1 fully saturated rings. The van der Waals surface area contributed by atoms with Gasteiger partial charge in [0.15, 0.2) is 0 Å². The molecule has 7 nitrogen and oxygen atoms in total. The average Bonchev–Trinajstić information content (AvgIpc) is 3.12. The van der Waals surface area contributed by atoms with Crippen LogP contribution in [0, 0.1) is 9.39 Å². The van der Waals surface area contributed by atoms with Crippen LogP contribution < -0.4 is 15.4 Å². The number of ether oxygens (including phenoxy) is 1. The lowest BCUT2D eigenvalue weighted by atomic mass is 10.1. The summed E-state index contributed by atoms with van der Waals surface area (Å²) in [7, 11) is 0. The van der Waals surface area contributed by atoms with Gasteiger partial charge in [-0.05, 0) is 82.1 Å². The minimum absolute atomic E-state index is 0.0811. The highest BCUT2D eigenvalue weighted by molar-refractivity contribution is 14.1. The Morgan fingerprint density at radius 1 is 1.11 bits per heavy atom. The maximum Gasteiger partial charge on any atom is 0.329 e. The van der Waals surface area contributed by atoms with Gasteiger partial charge in [0, 0.05) is 5.69 Å². The highest BCUT2D eigenvalue weighted by Gasteiger charge is 2.35. The molecule has 0 aliphatic carbocycles. The van der Waals surface area contributed by atoms with E-state index in [1.807, 2.05) is 31.2 Å². The number of imide groups is 1. The second kappa shape index (κ2) is 11.3. The monoisotopic (exact) mass is 599 g/mol. The van der Waals surface area contributed by atoms with Gasteiger partial charge in [0.2, 0.25) is 5.91 Å². The van der Waals surface area contributed by atoms with Gasteiger partial charge in [-0.3, -0.25) is 9.59 Å². The van der Waals surface area contributed by atoms with Gasteiger partial charge in [-0.2, -0.15) is 0 Å². The fraction of sp³-hybridized carbons (Fsp3) is 0.148. The molecule has 0 radical (unpaired) electrons. The molecule has 1 heterocycles.